The molecule has 0 aliphatic heterocycles. The Kier molecular flexibility index (Phi) is 5.92. The fourth-order valence-corrected chi connectivity index (χ4v) is 4.18. The first kappa shape index (κ1) is 19.5. The van der Waals surface area contributed by atoms with E-state index in [1.54, 1.807) is 16.0 Å². The number of rotatable bonds is 7. The summed E-state index contributed by atoms with van der Waals surface area (Å²) in [4.78, 5) is 22.1. The van der Waals surface area contributed by atoms with Crippen LogP contribution in [0, 0.1) is 13.8 Å². The van der Waals surface area contributed by atoms with Crippen molar-refractivity contribution in [3.63, 3.8) is 0 Å². The minimum Gasteiger partial charge on any atom is -0.309 e. The Morgan fingerprint density at radius 3 is 2.67 bits per heavy atom. The zero-order valence-corrected chi connectivity index (χ0v) is 17.5. The molecule has 0 aliphatic rings. The van der Waals surface area contributed by atoms with E-state index in [-0.39, 0.29) is 5.91 Å². The Morgan fingerprint density at radius 2 is 2.00 bits per heavy atom. The Bertz CT molecular complexity index is 943. The van der Waals surface area contributed by atoms with Crippen molar-refractivity contribution in [2.45, 2.75) is 33.7 Å². The van der Waals surface area contributed by atoms with E-state index in [1.807, 2.05) is 45.0 Å². The van der Waals surface area contributed by atoms with Crippen molar-refractivity contribution in [2.75, 3.05) is 32.1 Å². The van der Waals surface area contributed by atoms with E-state index in [0.29, 0.717) is 18.8 Å². The smallest absolute Gasteiger partial charge is 0.278 e. The Labute approximate surface area is 164 Å². The summed E-state index contributed by atoms with van der Waals surface area (Å²) in [5.74, 6) is -0.0343. The van der Waals surface area contributed by atoms with Crippen molar-refractivity contribution in [3.05, 3.63) is 41.2 Å². The lowest BCUT2D eigenvalue weighted by Crippen LogP contribution is -2.34. The van der Waals surface area contributed by atoms with Gasteiger partial charge in [0.1, 0.15) is 5.69 Å². The third-order valence-electron chi connectivity index (χ3n) is 4.49. The predicted molar refractivity (Wildman–Crippen MR) is 112 cm³/mol. The van der Waals surface area contributed by atoms with Gasteiger partial charge in [-0.3, -0.25) is 14.4 Å². The van der Waals surface area contributed by atoms with Gasteiger partial charge >= 0.3 is 0 Å². The van der Waals surface area contributed by atoms with E-state index >= 15 is 0 Å². The number of nitrogens with zero attached hydrogens (tertiary/aromatic N) is 5. The number of hydrogen-bond donors (Lipinski definition) is 0. The van der Waals surface area contributed by atoms with Gasteiger partial charge in [0.15, 0.2) is 5.13 Å². The van der Waals surface area contributed by atoms with Gasteiger partial charge in [0, 0.05) is 13.1 Å². The SMILES string of the molecule is CCn1nc(C)cc1C(=O)N(CCCN(C)C)c1nc2c(C)cccc2s1. The van der Waals surface area contributed by atoms with Gasteiger partial charge in [-0.05, 0) is 65.5 Å². The molecule has 0 saturated heterocycles. The average Bonchev–Trinajstić information content (AvgIpc) is 3.22. The van der Waals surface area contributed by atoms with Gasteiger partial charge in [-0.25, -0.2) is 4.98 Å². The van der Waals surface area contributed by atoms with E-state index in [9.17, 15) is 4.79 Å². The van der Waals surface area contributed by atoms with Crippen molar-refractivity contribution in [3.8, 4) is 0 Å². The van der Waals surface area contributed by atoms with Crippen LogP contribution >= 0.6 is 11.3 Å². The van der Waals surface area contributed by atoms with Crippen molar-refractivity contribution >= 4 is 32.6 Å². The lowest BCUT2D eigenvalue weighted by Gasteiger charge is -2.21. The van der Waals surface area contributed by atoms with E-state index in [4.69, 9.17) is 4.98 Å². The van der Waals surface area contributed by atoms with Crippen LogP contribution in [0.15, 0.2) is 24.3 Å². The summed E-state index contributed by atoms with van der Waals surface area (Å²) in [5.41, 5.74) is 3.58. The van der Waals surface area contributed by atoms with Crippen LogP contribution < -0.4 is 4.90 Å². The quantitative estimate of drug-likeness (QED) is 0.622. The Balaban J connectivity index is 1.98. The Hall–Kier alpha value is -2.25. The maximum absolute atomic E-state index is 13.4. The Morgan fingerprint density at radius 1 is 1.22 bits per heavy atom. The zero-order valence-electron chi connectivity index (χ0n) is 16.7. The number of hydrogen-bond acceptors (Lipinski definition) is 5. The number of benzene rings is 1. The number of carbonyl (C=O) groups excluding carboxylic acids is 1. The number of carbonyl (C=O) groups is 1. The largest absolute Gasteiger partial charge is 0.309 e. The maximum Gasteiger partial charge on any atom is 0.278 e. The lowest BCUT2D eigenvalue weighted by molar-refractivity contribution is 0.0975. The number of thiazole rings is 1. The van der Waals surface area contributed by atoms with Crippen molar-refractivity contribution < 1.29 is 4.79 Å². The van der Waals surface area contributed by atoms with Crippen LogP contribution in [0.1, 0.15) is 35.1 Å². The molecule has 0 atom stereocenters. The third kappa shape index (κ3) is 4.20. The first-order valence-electron chi connectivity index (χ1n) is 9.28. The molecule has 7 heteroatoms. The van der Waals surface area contributed by atoms with Gasteiger partial charge in [0.25, 0.3) is 5.91 Å². The number of fused-ring (bicyclic) bond motifs is 1. The second-order valence-electron chi connectivity index (χ2n) is 7.02. The van der Waals surface area contributed by atoms with Gasteiger partial charge < -0.3 is 4.90 Å². The van der Waals surface area contributed by atoms with Crippen LogP contribution in [0.5, 0.6) is 0 Å². The molecule has 27 heavy (non-hydrogen) atoms. The third-order valence-corrected chi connectivity index (χ3v) is 5.54. The van der Waals surface area contributed by atoms with E-state index in [1.165, 1.54) is 0 Å². The molecule has 3 aromatic rings. The summed E-state index contributed by atoms with van der Waals surface area (Å²) in [7, 11) is 4.09. The molecule has 0 N–H and O–H groups in total. The van der Waals surface area contributed by atoms with Crippen molar-refractivity contribution in [1.29, 1.82) is 0 Å². The molecule has 0 spiro atoms. The summed E-state index contributed by atoms with van der Waals surface area (Å²) >= 11 is 1.57. The van der Waals surface area contributed by atoms with Gasteiger partial charge in [-0.1, -0.05) is 23.5 Å². The number of para-hydroxylation sites is 1. The fraction of sp³-hybridized carbons (Fsp3) is 0.450. The van der Waals surface area contributed by atoms with Gasteiger partial charge in [-0.15, -0.1) is 0 Å². The average molecular weight is 386 g/mol. The van der Waals surface area contributed by atoms with Crippen molar-refractivity contribution in [2.24, 2.45) is 0 Å². The molecule has 6 nitrogen and oxygen atoms in total. The molecule has 0 saturated carbocycles. The highest BCUT2D eigenvalue weighted by atomic mass is 32.1. The molecule has 0 unspecified atom stereocenters. The molecule has 0 radical (unpaired) electrons. The predicted octanol–water partition coefficient (Wildman–Crippen LogP) is 3.73. The lowest BCUT2D eigenvalue weighted by atomic mass is 10.2. The first-order chi connectivity index (χ1) is 12.9. The molecule has 0 bridgehead atoms. The molecule has 0 aliphatic carbocycles. The molecule has 1 amide bonds. The molecule has 2 aromatic heterocycles. The fourth-order valence-electron chi connectivity index (χ4n) is 3.12. The summed E-state index contributed by atoms with van der Waals surface area (Å²) < 4.78 is 2.88. The normalized spacial score (nSPS) is 11.5. The van der Waals surface area contributed by atoms with Gasteiger partial charge in [0.05, 0.1) is 15.9 Å². The summed E-state index contributed by atoms with van der Waals surface area (Å²) in [5, 5.41) is 5.19. The maximum atomic E-state index is 13.4. The summed E-state index contributed by atoms with van der Waals surface area (Å²) in [6, 6.07) is 8.02. The highest BCUT2D eigenvalue weighted by Gasteiger charge is 2.24. The monoisotopic (exact) mass is 385 g/mol. The molecule has 144 valence electrons. The zero-order chi connectivity index (χ0) is 19.6. The first-order valence-corrected chi connectivity index (χ1v) is 10.1. The van der Waals surface area contributed by atoms with Crippen LogP contribution in [-0.4, -0.2) is 52.8 Å². The molecule has 0 fully saturated rings. The molecular formula is C20H27N5OS. The number of aryl methyl sites for hydroxylation is 3. The highest BCUT2D eigenvalue weighted by Crippen LogP contribution is 2.31. The van der Waals surface area contributed by atoms with Crippen molar-refractivity contribution in [1.82, 2.24) is 19.7 Å². The van der Waals surface area contributed by atoms with E-state index in [0.717, 1.165) is 39.6 Å². The number of aromatic nitrogens is 3. The summed E-state index contributed by atoms with van der Waals surface area (Å²) in [6.45, 7) is 8.18. The van der Waals surface area contributed by atoms with Crippen LogP contribution in [0.25, 0.3) is 10.2 Å². The second-order valence-corrected chi connectivity index (χ2v) is 8.03. The van der Waals surface area contributed by atoms with Gasteiger partial charge in [0.2, 0.25) is 0 Å². The van der Waals surface area contributed by atoms with E-state index in [2.05, 4.69) is 29.1 Å². The second kappa shape index (κ2) is 8.19. The molecule has 1 aromatic carbocycles. The number of amides is 1. The van der Waals surface area contributed by atoms with E-state index < -0.39 is 0 Å². The number of anilines is 1. The molecular weight excluding hydrogens is 358 g/mol. The van der Waals surface area contributed by atoms with Crippen LogP contribution in [0.4, 0.5) is 5.13 Å². The highest BCUT2D eigenvalue weighted by molar-refractivity contribution is 7.22. The summed E-state index contributed by atoms with van der Waals surface area (Å²) in [6.07, 6.45) is 0.882. The van der Waals surface area contributed by atoms with Crippen LogP contribution in [0.3, 0.4) is 0 Å². The molecule has 2 heterocycles. The van der Waals surface area contributed by atoms with Gasteiger partial charge in [-0.2, -0.15) is 5.10 Å². The topological polar surface area (TPSA) is 54.3 Å². The van der Waals surface area contributed by atoms with Crippen LogP contribution in [0.2, 0.25) is 0 Å². The minimum atomic E-state index is -0.0343. The molecule has 3 rings (SSSR count). The van der Waals surface area contributed by atoms with Crippen LogP contribution in [-0.2, 0) is 6.54 Å². The minimum absolute atomic E-state index is 0.0343. The standard InChI is InChI=1S/C20H27N5OS/c1-6-25-16(13-15(3)22-25)19(26)24(12-8-11-23(4)5)20-21-18-14(2)9-7-10-17(18)27-20/h7,9-10,13H,6,8,11-12H2,1-5H3.